The first-order chi connectivity index (χ1) is 10.2. The number of benzene rings is 1. The van der Waals surface area contributed by atoms with Crippen LogP contribution in [0.4, 0.5) is 18.9 Å². The van der Waals surface area contributed by atoms with Crippen molar-refractivity contribution in [3.63, 3.8) is 0 Å². The molecule has 0 bridgehead atoms. The summed E-state index contributed by atoms with van der Waals surface area (Å²) < 4.78 is 37.9. The largest absolute Gasteiger partial charge is 0.416 e. The van der Waals surface area contributed by atoms with Gasteiger partial charge in [-0.05, 0) is 25.1 Å². The smallest absolute Gasteiger partial charge is 0.370 e. The van der Waals surface area contributed by atoms with E-state index in [0.717, 1.165) is 12.1 Å². The van der Waals surface area contributed by atoms with E-state index >= 15 is 0 Å². The molecule has 2 rings (SSSR count). The molecule has 1 amide bonds. The third-order valence-electron chi connectivity index (χ3n) is 2.96. The molecule has 1 aliphatic heterocycles. The first kappa shape index (κ1) is 16.1. The predicted molar refractivity (Wildman–Crippen MR) is 75.8 cm³/mol. The Morgan fingerprint density at radius 3 is 2.82 bits per heavy atom. The standard InChI is InChI=1S/C13H16F3N5O/c1-7-5-10(22)20-12(18-7)21-11(17)19-9-4-2-3-8(6-9)13(14,15)16/h2-4,6-7,12,18H,5H2,1H3,(H,20,22)(H3,17,19,21). The highest BCUT2D eigenvalue weighted by Gasteiger charge is 2.30. The Balaban J connectivity index is 2.06. The lowest BCUT2D eigenvalue weighted by Crippen LogP contribution is -2.55. The number of guanidine groups is 1. The van der Waals surface area contributed by atoms with Gasteiger partial charge in [0.05, 0.1) is 5.56 Å². The van der Waals surface area contributed by atoms with Crippen molar-refractivity contribution in [1.29, 1.82) is 0 Å². The molecule has 1 saturated heterocycles. The molecule has 22 heavy (non-hydrogen) atoms. The van der Waals surface area contributed by atoms with Crippen molar-refractivity contribution >= 4 is 17.6 Å². The van der Waals surface area contributed by atoms with E-state index in [1.807, 2.05) is 6.92 Å². The number of amides is 1. The zero-order valence-electron chi connectivity index (χ0n) is 11.7. The van der Waals surface area contributed by atoms with E-state index < -0.39 is 18.0 Å². The average Bonchev–Trinajstić information content (AvgIpc) is 2.36. The van der Waals surface area contributed by atoms with Gasteiger partial charge in [0.25, 0.3) is 0 Å². The number of hydrogen-bond donors (Lipinski definition) is 4. The van der Waals surface area contributed by atoms with E-state index in [4.69, 9.17) is 5.73 Å². The molecule has 1 heterocycles. The van der Waals surface area contributed by atoms with E-state index in [0.29, 0.717) is 6.42 Å². The Morgan fingerprint density at radius 1 is 1.45 bits per heavy atom. The van der Waals surface area contributed by atoms with Gasteiger partial charge in [0.1, 0.15) is 0 Å². The Bertz CT molecular complexity index is 587. The fourth-order valence-electron chi connectivity index (χ4n) is 2.02. The maximum absolute atomic E-state index is 12.6. The molecule has 6 nitrogen and oxygen atoms in total. The molecule has 5 N–H and O–H groups in total. The molecule has 0 spiro atoms. The predicted octanol–water partition coefficient (Wildman–Crippen LogP) is 1.21. The summed E-state index contributed by atoms with van der Waals surface area (Å²) in [6.45, 7) is 1.82. The van der Waals surface area contributed by atoms with Gasteiger partial charge < -0.3 is 16.4 Å². The lowest BCUT2D eigenvalue weighted by Gasteiger charge is -2.26. The number of alkyl halides is 3. The number of nitrogens with zero attached hydrogens (tertiary/aromatic N) is 1. The number of rotatable bonds is 2. The van der Waals surface area contributed by atoms with Crippen LogP contribution in [0.3, 0.4) is 0 Å². The van der Waals surface area contributed by atoms with Crippen molar-refractivity contribution in [2.75, 3.05) is 5.32 Å². The third kappa shape index (κ3) is 4.35. The molecule has 9 heteroatoms. The van der Waals surface area contributed by atoms with E-state index in [2.05, 4.69) is 20.9 Å². The maximum atomic E-state index is 12.6. The summed E-state index contributed by atoms with van der Waals surface area (Å²) in [4.78, 5) is 15.4. The fraction of sp³-hybridized carbons (Fsp3) is 0.385. The highest BCUT2D eigenvalue weighted by molar-refractivity contribution is 5.92. The minimum absolute atomic E-state index is 0.0659. The van der Waals surface area contributed by atoms with Crippen molar-refractivity contribution in [3.05, 3.63) is 29.8 Å². The summed E-state index contributed by atoms with van der Waals surface area (Å²) >= 11 is 0. The number of nitrogens with two attached hydrogens (primary N) is 1. The molecule has 0 saturated carbocycles. The zero-order valence-corrected chi connectivity index (χ0v) is 11.7. The minimum atomic E-state index is -4.43. The van der Waals surface area contributed by atoms with Crippen LogP contribution in [0, 0.1) is 0 Å². The summed E-state index contributed by atoms with van der Waals surface area (Å²) in [6, 6.07) is 4.53. The lowest BCUT2D eigenvalue weighted by molar-refractivity contribution is -0.137. The van der Waals surface area contributed by atoms with E-state index in [1.165, 1.54) is 12.1 Å². The number of halogens is 3. The molecule has 1 fully saturated rings. The number of anilines is 1. The number of nitrogens with one attached hydrogen (secondary N) is 3. The Hall–Kier alpha value is -2.29. The molecule has 1 aliphatic rings. The van der Waals surface area contributed by atoms with E-state index in [-0.39, 0.29) is 23.6 Å². The second-order valence-corrected chi connectivity index (χ2v) is 4.96. The summed E-state index contributed by atoms with van der Waals surface area (Å²) in [5, 5.41) is 8.11. The van der Waals surface area contributed by atoms with Crippen LogP contribution in [0.2, 0.25) is 0 Å². The van der Waals surface area contributed by atoms with Crippen LogP contribution in [0.5, 0.6) is 0 Å². The van der Waals surface area contributed by atoms with E-state index in [1.54, 1.807) is 0 Å². The van der Waals surface area contributed by atoms with Crippen LogP contribution in [0.15, 0.2) is 29.3 Å². The lowest BCUT2D eigenvalue weighted by atomic mass is 10.2. The Kier molecular flexibility index (Phi) is 4.55. The van der Waals surface area contributed by atoms with Gasteiger partial charge in [-0.3, -0.25) is 10.1 Å². The summed E-state index contributed by atoms with van der Waals surface area (Å²) in [5.74, 6) is -0.280. The van der Waals surface area contributed by atoms with Gasteiger partial charge in [-0.15, -0.1) is 0 Å². The van der Waals surface area contributed by atoms with Gasteiger partial charge >= 0.3 is 6.18 Å². The van der Waals surface area contributed by atoms with Crippen molar-refractivity contribution < 1.29 is 18.0 Å². The average molecular weight is 315 g/mol. The summed E-state index contributed by atoms with van der Waals surface area (Å²) in [5.41, 5.74) is 5.02. The van der Waals surface area contributed by atoms with Crippen molar-refractivity contribution in [2.45, 2.75) is 31.9 Å². The number of hydrogen-bond acceptors (Lipinski definition) is 3. The Labute approximate surface area is 125 Å². The van der Waals surface area contributed by atoms with Crippen LogP contribution in [0.25, 0.3) is 0 Å². The molecule has 0 aromatic heterocycles. The van der Waals surface area contributed by atoms with Gasteiger partial charge in [0.2, 0.25) is 5.91 Å². The molecule has 1 aromatic rings. The van der Waals surface area contributed by atoms with Crippen molar-refractivity contribution in [3.8, 4) is 0 Å². The van der Waals surface area contributed by atoms with Crippen LogP contribution in [-0.4, -0.2) is 24.2 Å². The normalized spacial score (nSPS) is 23.1. The fourth-order valence-corrected chi connectivity index (χ4v) is 2.02. The molecule has 120 valence electrons. The van der Waals surface area contributed by atoms with Crippen LogP contribution in [-0.2, 0) is 11.0 Å². The number of carbonyl (C=O) groups excluding carboxylic acids is 1. The molecule has 0 radical (unpaired) electrons. The second-order valence-electron chi connectivity index (χ2n) is 4.96. The maximum Gasteiger partial charge on any atom is 0.416 e. The van der Waals surface area contributed by atoms with Crippen molar-refractivity contribution in [2.24, 2.45) is 10.7 Å². The van der Waals surface area contributed by atoms with Crippen LogP contribution >= 0.6 is 0 Å². The molecule has 0 aliphatic carbocycles. The number of aliphatic imine (C=N–C) groups is 1. The minimum Gasteiger partial charge on any atom is -0.370 e. The first-order valence-corrected chi connectivity index (χ1v) is 6.57. The zero-order chi connectivity index (χ0) is 16.3. The molecule has 1 aromatic carbocycles. The molecular formula is C13H16F3N5O. The van der Waals surface area contributed by atoms with Gasteiger partial charge in [0.15, 0.2) is 12.2 Å². The third-order valence-corrected chi connectivity index (χ3v) is 2.96. The molecular weight excluding hydrogens is 299 g/mol. The monoisotopic (exact) mass is 315 g/mol. The quantitative estimate of drug-likeness (QED) is 0.488. The van der Waals surface area contributed by atoms with Gasteiger partial charge in [0, 0.05) is 18.2 Å². The summed E-state index contributed by atoms with van der Waals surface area (Å²) in [6.07, 6.45) is -4.82. The molecule has 2 unspecified atom stereocenters. The highest BCUT2D eigenvalue weighted by Crippen LogP contribution is 2.30. The van der Waals surface area contributed by atoms with Crippen LogP contribution < -0.4 is 21.7 Å². The molecule has 2 atom stereocenters. The number of carbonyl (C=O) groups is 1. The topological polar surface area (TPSA) is 91.5 Å². The van der Waals surface area contributed by atoms with Crippen LogP contribution in [0.1, 0.15) is 18.9 Å². The van der Waals surface area contributed by atoms with Crippen molar-refractivity contribution in [1.82, 2.24) is 10.6 Å². The Morgan fingerprint density at radius 2 is 2.18 bits per heavy atom. The van der Waals surface area contributed by atoms with Gasteiger partial charge in [-0.25, -0.2) is 4.99 Å². The van der Waals surface area contributed by atoms with Gasteiger partial charge in [-0.2, -0.15) is 13.2 Å². The van der Waals surface area contributed by atoms with Gasteiger partial charge in [-0.1, -0.05) is 6.07 Å². The first-order valence-electron chi connectivity index (χ1n) is 6.57. The summed E-state index contributed by atoms with van der Waals surface area (Å²) in [7, 11) is 0. The van der Waals surface area contributed by atoms with E-state index in [9.17, 15) is 18.0 Å². The SMILES string of the molecule is CC1CC(=O)NC(/N=C(\N)Nc2cccc(C(F)(F)F)c2)N1. The highest BCUT2D eigenvalue weighted by atomic mass is 19.4. The second kappa shape index (κ2) is 6.22.